The first-order valence-electron chi connectivity index (χ1n) is 9.95. The van der Waals surface area contributed by atoms with Gasteiger partial charge in [0.05, 0.1) is 26.9 Å². The van der Waals surface area contributed by atoms with Crippen LogP contribution in [0.25, 0.3) is 0 Å². The molecular formula is C25H27NO3. The number of benzene rings is 3. The highest BCUT2D eigenvalue weighted by atomic mass is 16.5. The Balaban J connectivity index is 1.86. The van der Waals surface area contributed by atoms with Crippen LogP contribution >= 0.6 is 0 Å². The summed E-state index contributed by atoms with van der Waals surface area (Å²) in [6.45, 7) is 0.864. The van der Waals surface area contributed by atoms with Crippen molar-refractivity contribution in [1.82, 2.24) is 4.90 Å². The minimum atomic E-state index is 0.0195. The zero-order chi connectivity index (χ0) is 20.2. The smallest absolute Gasteiger partial charge is 0.161 e. The van der Waals surface area contributed by atoms with E-state index in [0.29, 0.717) is 0 Å². The third-order valence-electron chi connectivity index (χ3n) is 5.73. The molecule has 2 atom stereocenters. The Morgan fingerprint density at radius 3 is 2.14 bits per heavy atom. The second-order valence-electron chi connectivity index (χ2n) is 7.42. The summed E-state index contributed by atoms with van der Waals surface area (Å²) in [7, 11) is 3.33. The largest absolute Gasteiger partial charge is 0.493 e. The van der Waals surface area contributed by atoms with Gasteiger partial charge in [0.2, 0.25) is 0 Å². The van der Waals surface area contributed by atoms with Gasteiger partial charge in [-0.05, 0) is 40.8 Å². The van der Waals surface area contributed by atoms with Crippen molar-refractivity contribution in [1.29, 1.82) is 0 Å². The Morgan fingerprint density at radius 2 is 1.52 bits per heavy atom. The van der Waals surface area contributed by atoms with Crippen LogP contribution in [-0.4, -0.2) is 36.9 Å². The van der Waals surface area contributed by atoms with Gasteiger partial charge in [-0.1, -0.05) is 60.7 Å². The molecule has 4 nitrogen and oxygen atoms in total. The second-order valence-corrected chi connectivity index (χ2v) is 7.42. The highest BCUT2D eigenvalue weighted by Gasteiger charge is 2.36. The lowest BCUT2D eigenvalue weighted by Gasteiger charge is -2.43. The highest BCUT2D eigenvalue weighted by molar-refractivity contribution is 5.52. The zero-order valence-corrected chi connectivity index (χ0v) is 16.9. The van der Waals surface area contributed by atoms with E-state index in [1.165, 1.54) is 22.3 Å². The molecule has 0 aliphatic carbocycles. The Labute approximate surface area is 172 Å². The molecule has 1 aliphatic heterocycles. The summed E-state index contributed by atoms with van der Waals surface area (Å²) in [4.78, 5) is 2.40. The molecule has 0 radical (unpaired) electrons. The van der Waals surface area contributed by atoms with E-state index in [9.17, 15) is 5.11 Å². The first-order valence-corrected chi connectivity index (χ1v) is 9.95. The van der Waals surface area contributed by atoms with E-state index in [1.54, 1.807) is 14.2 Å². The van der Waals surface area contributed by atoms with Crippen molar-refractivity contribution in [2.24, 2.45) is 0 Å². The summed E-state index contributed by atoms with van der Waals surface area (Å²) in [5.41, 5.74) is 4.83. The van der Waals surface area contributed by atoms with Gasteiger partial charge in [-0.3, -0.25) is 4.90 Å². The van der Waals surface area contributed by atoms with E-state index in [0.717, 1.165) is 24.5 Å². The summed E-state index contributed by atoms with van der Waals surface area (Å²) in [5.74, 6) is 1.46. The monoisotopic (exact) mass is 389 g/mol. The molecule has 29 heavy (non-hydrogen) atoms. The zero-order valence-electron chi connectivity index (χ0n) is 16.9. The quantitative estimate of drug-likeness (QED) is 0.686. The average molecular weight is 389 g/mol. The summed E-state index contributed by atoms with van der Waals surface area (Å²) in [5, 5.41) is 10.3. The van der Waals surface area contributed by atoms with E-state index in [1.807, 2.05) is 12.1 Å². The van der Waals surface area contributed by atoms with Crippen LogP contribution in [0.5, 0.6) is 11.5 Å². The predicted octanol–water partition coefficient (Wildman–Crippen LogP) is 4.21. The first-order chi connectivity index (χ1) is 14.2. The fourth-order valence-corrected chi connectivity index (χ4v) is 4.32. The number of aliphatic hydroxyl groups excluding tert-OH is 1. The number of methoxy groups -OCH3 is 2. The normalized spacial score (nSPS) is 18.9. The molecular weight excluding hydrogens is 362 g/mol. The van der Waals surface area contributed by atoms with Crippen LogP contribution in [0.15, 0.2) is 72.8 Å². The van der Waals surface area contributed by atoms with Gasteiger partial charge in [0.1, 0.15) is 0 Å². The van der Waals surface area contributed by atoms with Gasteiger partial charge in [0, 0.05) is 12.6 Å². The summed E-state index contributed by atoms with van der Waals surface area (Å²) in [6, 6.07) is 25.1. The number of hydrogen-bond donors (Lipinski definition) is 1. The maximum Gasteiger partial charge on any atom is 0.161 e. The molecule has 0 unspecified atom stereocenters. The molecule has 1 aliphatic rings. The van der Waals surface area contributed by atoms with Gasteiger partial charge in [-0.25, -0.2) is 0 Å². The van der Waals surface area contributed by atoms with Gasteiger partial charge in [-0.15, -0.1) is 0 Å². The van der Waals surface area contributed by atoms with Crippen LogP contribution in [0.4, 0.5) is 0 Å². The van der Waals surface area contributed by atoms with Crippen LogP contribution in [0.3, 0.4) is 0 Å². The molecule has 0 aromatic heterocycles. The lowest BCUT2D eigenvalue weighted by atomic mass is 9.84. The maximum atomic E-state index is 10.3. The summed E-state index contributed by atoms with van der Waals surface area (Å²) >= 11 is 0. The second kappa shape index (κ2) is 8.68. The number of ether oxygens (including phenoxy) is 2. The topological polar surface area (TPSA) is 41.9 Å². The SMILES string of the molecule is COc1cc2c(cc1OC)[C@@H](c1ccccc1)N(Cc1ccccc1)[C@H](CO)C2. The van der Waals surface area contributed by atoms with E-state index in [2.05, 4.69) is 65.6 Å². The number of rotatable bonds is 6. The third-order valence-corrected chi connectivity index (χ3v) is 5.73. The minimum absolute atomic E-state index is 0.0195. The standard InChI is InChI=1S/C25H27NO3/c1-28-23-14-20-13-21(17-27)26(16-18-9-5-3-6-10-18)25(19-11-7-4-8-12-19)22(20)15-24(23)29-2/h3-12,14-15,21,25,27H,13,16-17H2,1-2H3/t21-,25+/m0/s1. The van der Waals surface area contributed by atoms with Crippen LogP contribution in [0, 0.1) is 0 Å². The average Bonchev–Trinajstić information content (AvgIpc) is 2.79. The molecule has 0 saturated carbocycles. The van der Waals surface area contributed by atoms with Crippen molar-refractivity contribution < 1.29 is 14.6 Å². The molecule has 1 heterocycles. The molecule has 1 N–H and O–H groups in total. The maximum absolute atomic E-state index is 10.3. The summed E-state index contributed by atoms with van der Waals surface area (Å²) < 4.78 is 11.1. The molecule has 4 heteroatoms. The van der Waals surface area contributed by atoms with Gasteiger partial charge in [0.15, 0.2) is 11.5 Å². The molecule has 0 bridgehead atoms. The van der Waals surface area contributed by atoms with Crippen LogP contribution in [-0.2, 0) is 13.0 Å². The predicted molar refractivity (Wildman–Crippen MR) is 114 cm³/mol. The Kier molecular flexibility index (Phi) is 5.84. The molecule has 0 saturated heterocycles. The minimum Gasteiger partial charge on any atom is -0.493 e. The fourth-order valence-electron chi connectivity index (χ4n) is 4.32. The Bertz CT molecular complexity index is 943. The molecule has 3 aromatic rings. The van der Waals surface area contributed by atoms with Crippen LogP contribution < -0.4 is 9.47 Å². The molecule has 0 fully saturated rings. The number of aliphatic hydroxyl groups is 1. The van der Waals surface area contributed by atoms with Crippen molar-refractivity contribution in [3.8, 4) is 11.5 Å². The summed E-state index contributed by atoms with van der Waals surface area (Å²) in [6.07, 6.45) is 0.766. The lowest BCUT2D eigenvalue weighted by Crippen LogP contribution is -2.45. The highest BCUT2D eigenvalue weighted by Crippen LogP contribution is 2.43. The molecule has 150 valence electrons. The third kappa shape index (κ3) is 3.86. The van der Waals surface area contributed by atoms with E-state index in [-0.39, 0.29) is 18.7 Å². The number of fused-ring (bicyclic) bond motifs is 1. The van der Waals surface area contributed by atoms with Crippen molar-refractivity contribution >= 4 is 0 Å². The van der Waals surface area contributed by atoms with Gasteiger partial charge < -0.3 is 14.6 Å². The van der Waals surface area contributed by atoms with E-state index < -0.39 is 0 Å². The van der Waals surface area contributed by atoms with Crippen molar-refractivity contribution in [2.45, 2.75) is 25.0 Å². The molecule has 3 aromatic carbocycles. The van der Waals surface area contributed by atoms with Crippen LogP contribution in [0.2, 0.25) is 0 Å². The first kappa shape index (κ1) is 19.5. The Morgan fingerprint density at radius 1 is 0.897 bits per heavy atom. The van der Waals surface area contributed by atoms with Crippen molar-refractivity contribution in [2.75, 3.05) is 20.8 Å². The van der Waals surface area contributed by atoms with Crippen LogP contribution in [0.1, 0.15) is 28.3 Å². The van der Waals surface area contributed by atoms with Crippen molar-refractivity contribution in [3.05, 3.63) is 95.1 Å². The van der Waals surface area contributed by atoms with Gasteiger partial charge in [-0.2, -0.15) is 0 Å². The van der Waals surface area contributed by atoms with Gasteiger partial charge >= 0.3 is 0 Å². The van der Waals surface area contributed by atoms with Crippen molar-refractivity contribution in [3.63, 3.8) is 0 Å². The van der Waals surface area contributed by atoms with E-state index >= 15 is 0 Å². The molecule has 4 rings (SSSR count). The molecule has 0 spiro atoms. The lowest BCUT2D eigenvalue weighted by molar-refractivity contribution is 0.0783. The Hall–Kier alpha value is -2.82. The van der Waals surface area contributed by atoms with Gasteiger partial charge in [0.25, 0.3) is 0 Å². The number of nitrogens with zero attached hydrogens (tertiary/aromatic N) is 1. The molecule has 0 amide bonds. The fraction of sp³-hybridized carbons (Fsp3) is 0.280. The number of hydrogen-bond acceptors (Lipinski definition) is 4. The van der Waals surface area contributed by atoms with E-state index in [4.69, 9.17) is 9.47 Å².